The fourth-order valence-electron chi connectivity index (χ4n) is 2.26. The van der Waals surface area contributed by atoms with Crippen molar-refractivity contribution in [3.8, 4) is 0 Å². The van der Waals surface area contributed by atoms with Gasteiger partial charge in [0.1, 0.15) is 11.4 Å². The van der Waals surface area contributed by atoms with E-state index in [-0.39, 0.29) is 11.2 Å². The van der Waals surface area contributed by atoms with Gasteiger partial charge in [-0.05, 0) is 13.0 Å². The number of carbonyl (C=O) groups is 1. The van der Waals surface area contributed by atoms with Crippen molar-refractivity contribution >= 4 is 16.8 Å². The molecule has 0 atom stereocenters. The third kappa shape index (κ3) is 3.24. The normalized spacial score (nSPS) is 11.9. The Morgan fingerprint density at radius 2 is 2.05 bits per heavy atom. The van der Waals surface area contributed by atoms with E-state index in [4.69, 9.17) is 4.42 Å². The van der Waals surface area contributed by atoms with Crippen LogP contribution in [0.1, 0.15) is 32.8 Å². The van der Waals surface area contributed by atoms with Crippen molar-refractivity contribution in [2.45, 2.75) is 32.6 Å². The minimum atomic E-state index is -0.0244. The minimum Gasteiger partial charge on any atom is -0.464 e. The molecule has 0 unspecified atom stereocenters. The number of hydrogen-bond acceptors (Lipinski definition) is 3. The molecule has 1 N–H and O–H groups in total. The minimum absolute atomic E-state index is 0.0244. The molecule has 0 aliphatic heterocycles. The molecule has 1 aromatic heterocycles. The number of furan rings is 1. The van der Waals surface area contributed by atoms with Crippen molar-refractivity contribution in [3.63, 3.8) is 0 Å². The molecular formula is C16H21NO2. The predicted octanol–water partition coefficient (Wildman–Crippen LogP) is 3.28. The van der Waals surface area contributed by atoms with Gasteiger partial charge in [-0.2, -0.15) is 0 Å². The van der Waals surface area contributed by atoms with Crippen LogP contribution in [0.25, 0.3) is 11.0 Å². The molecule has 0 fully saturated rings. The summed E-state index contributed by atoms with van der Waals surface area (Å²) in [5, 5.41) is 4.51. The van der Waals surface area contributed by atoms with Crippen LogP contribution in [0.2, 0.25) is 0 Å². The smallest absolute Gasteiger partial charge is 0.134 e. The number of ketones is 1. The molecule has 0 amide bonds. The second-order valence-corrected chi connectivity index (χ2v) is 5.66. The van der Waals surface area contributed by atoms with E-state index in [1.807, 2.05) is 24.5 Å². The Hall–Kier alpha value is -1.61. The molecule has 102 valence electrons. The van der Waals surface area contributed by atoms with Crippen molar-refractivity contribution in [3.05, 3.63) is 36.1 Å². The zero-order chi connectivity index (χ0) is 13.9. The lowest BCUT2D eigenvalue weighted by Crippen LogP contribution is -2.33. The van der Waals surface area contributed by atoms with E-state index in [0.29, 0.717) is 6.42 Å². The first-order chi connectivity index (χ1) is 9.00. The van der Waals surface area contributed by atoms with Gasteiger partial charge in [0, 0.05) is 35.9 Å². The highest BCUT2D eigenvalue weighted by Gasteiger charge is 2.24. The molecule has 1 heterocycles. The van der Waals surface area contributed by atoms with Gasteiger partial charge in [-0.25, -0.2) is 0 Å². The Morgan fingerprint density at radius 3 is 2.79 bits per heavy atom. The maximum absolute atomic E-state index is 10.9. The van der Waals surface area contributed by atoms with Crippen LogP contribution in [-0.4, -0.2) is 18.9 Å². The second-order valence-electron chi connectivity index (χ2n) is 5.66. The molecule has 0 aliphatic rings. The Kier molecular flexibility index (Phi) is 4.05. The Balaban J connectivity index is 2.08. The first kappa shape index (κ1) is 13.8. The zero-order valence-electron chi connectivity index (χ0n) is 11.8. The average molecular weight is 259 g/mol. The second kappa shape index (κ2) is 5.57. The fourth-order valence-corrected chi connectivity index (χ4v) is 2.26. The lowest BCUT2D eigenvalue weighted by atomic mass is 9.84. The molecule has 19 heavy (non-hydrogen) atoms. The van der Waals surface area contributed by atoms with Gasteiger partial charge < -0.3 is 9.73 Å². The van der Waals surface area contributed by atoms with E-state index in [9.17, 15) is 4.79 Å². The van der Waals surface area contributed by atoms with Crippen molar-refractivity contribution in [2.75, 3.05) is 13.1 Å². The zero-order valence-corrected chi connectivity index (χ0v) is 11.8. The van der Waals surface area contributed by atoms with Gasteiger partial charge >= 0.3 is 0 Å². The molecule has 1 aromatic carbocycles. The molecule has 0 saturated carbocycles. The molecule has 3 heteroatoms. The number of rotatable bonds is 6. The summed E-state index contributed by atoms with van der Waals surface area (Å²) in [6.07, 6.45) is 2.43. The van der Waals surface area contributed by atoms with Crippen molar-refractivity contribution in [2.24, 2.45) is 0 Å². The number of benzene rings is 1. The van der Waals surface area contributed by atoms with E-state index in [1.165, 1.54) is 10.9 Å². The molecule has 2 aromatic rings. The van der Waals surface area contributed by atoms with Crippen molar-refractivity contribution in [1.29, 1.82) is 0 Å². The van der Waals surface area contributed by atoms with Gasteiger partial charge in [0.15, 0.2) is 0 Å². The number of para-hydroxylation sites is 1. The van der Waals surface area contributed by atoms with Crippen LogP contribution in [-0.2, 0) is 10.2 Å². The van der Waals surface area contributed by atoms with E-state index in [2.05, 4.69) is 25.2 Å². The molecule has 3 nitrogen and oxygen atoms in total. The van der Waals surface area contributed by atoms with Gasteiger partial charge in [0.2, 0.25) is 0 Å². The van der Waals surface area contributed by atoms with Crippen LogP contribution < -0.4 is 5.32 Å². The van der Waals surface area contributed by atoms with Crippen LogP contribution in [0, 0.1) is 0 Å². The Bertz CT molecular complexity index is 569. The molecule has 0 saturated heterocycles. The highest BCUT2D eigenvalue weighted by atomic mass is 16.3. The number of nitrogens with one attached hydrogen (secondary N) is 1. The van der Waals surface area contributed by atoms with Gasteiger partial charge in [-0.15, -0.1) is 0 Å². The maximum atomic E-state index is 10.9. The van der Waals surface area contributed by atoms with Crippen LogP contribution in [0.5, 0.6) is 0 Å². The van der Waals surface area contributed by atoms with Crippen LogP contribution >= 0.6 is 0 Å². The summed E-state index contributed by atoms with van der Waals surface area (Å²) in [6, 6.07) is 8.08. The Morgan fingerprint density at radius 1 is 1.32 bits per heavy atom. The van der Waals surface area contributed by atoms with Gasteiger partial charge in [0.05, 0.1) is 6.26 Å². The summed E-state index contributed by atoms with van der Waals surface area (Å²) in [7, 11) is 0. The molecule has 0 spiro atoms. The molecular weight excluding hydrogens is 238 g/mol. The largest absolute Gasteiger partial charge is 0.464 e. The van der Waals surface area contributed by atoms with Crippen LogP contribution in [0.15, 0.2) is 34.9 Å². The summed E-state index contributed by atoms with van der Waals surface area (Å²) >= 11 is 0. The van der Waals surface area contributed by atoms with Crippen LogP contribution in [0.3, 0.4) is 0 Å². The summed E-state index contributed by atoms with van der Waals surface area (Å²) in [6.45, 7) is 7.55. The van der Waals surface area contributed by atoms with E-state index < -0.39 is 0 Å². The number of carbonyl (C=O) groups excluding carboxylic acids is 1. The van der Waals surface area contributed by atoms with E-state index in [1.54, 1.807) is 6.92 Å². The monoisotopic (exact) mass is 259 g/mol. The summed E-state index contributed by atoms with van der Waals surface area (Å²) in [5.41, 5.74) is 2.11. The SMILES string of the molecule is CC(=O)CCNCC(C)(C)c1coc2ccccc12. The molecule has 2 rings (SSSR count). The highest BCUT2D eigenvalue weighted by Crippen LogP contribution is 2.31. The summed E-state index contributed by atoms with van der Waals surface area (Å²) < 4.78 is 5.60. The third-order valence-electron chi connectivity index (χ3n) is 3.43. The molecule has 0 radical (unpaired) electrons. The topological polar surface area (TPSA) is 42.2 Å². The highest BCUT2D eigenvalue weighted by molar-refractivity contribution is 5.82. The Labute approximate surface area is 114 Å². The maximum Gasteiger partial charge on any atom is 0.134 e. The van der Waals surface area contributed by atoms with Gasteiger partial charge in [-0.3, -0.25) is 4.79 Å². The fraction of sp³-hybridized carbons (Fsp3) is 0.438. The van der Waals surface area contributed by atoms with E-state index in [0.717, 1.165) is 18.7 Å². The van der Waals surface area contributed by atoms with E-state index >= 15 is 0 Å². The average Bonchev–Trinajstić information content (AvgIpc) is 2.79. The number of hydrogen-bond donors (Lipinski definition) is 1. The molecule has 0 bridgehead atoms. The summed E-state index contributed by atoms with van der Waals surface area (Å²) in [5.74, 6) is 0.221. The lowest BCUT2D eigenvalue weighted by molar-refractivity contribution is -0.116. The first-order valence-corrected chi connectivity index (χ1v) is 6.67. The quantitative estimate of drug-likeness (QED) is 0.809. The molecule has 0 aliphatic carbocycles. The van der Waals surface area contributed by atoms with Gasteiger partial charge in [-0.1, -0.05) is 32.0 Å². The standard InChI is InChI=1S/C16H21NO2/c1-12(18)8-9-17-11-16(2,3)14-10-19-15-7-5-4-6-13(14)15/h4-7,10,17H,8-9,11H2,1-3H3. The first-order valence-electron chi connectivity index (χ1n) is 6.67. The van der Waals surface area contributed by atoms with Gasteiger partial charge in [0.25, 0.3) is 0 Å². The lowest BCUT2D eigenvalue weighted by Gasteiger charge is -2.24. The summed E-state index contributed by atoms with van der Waals surface area (Å²) in [4.78, 5) is 10.9. The van der Waals surface area contributed by atoms with Crippen molar-refractivity contribution in [1.82, 2.24) is 5.32 Å². The number of Topliss-reactive ketones (excluding diaryl/α,β-unsaturated/α-hetero) is 1. The predicted molar refractivity (Wildman–Crippen MR) is 77.4 cm³/mol. The third-order valence-corrected chi connectivity index (χ3v) is 3.43. The van der Waals surface area contributed by atoms with Crippen molar-refractivity contribution < 1.29 is 9.21 Å². The van der Waals surface area contributed by atoms with Crippen LogP contribution in [0.4, 0.5) is 0 Å². The number of fused-ring (bicyclic) bond motifs is 1.